The van der Waals surface area contributed by atoms with E-state index in [-0.39, 0.29) is 12.5 Å². The predicted octanol–water partition coefficient (Wildman–Crippen LogP) is 3.36. The molecule has 1 N–H and O–H groups in total. The minimum absolute atomic E-state index is 0.143. The predicted molar refractivity (Wildman–Crippen MR) is 99.9 cm³/mol. The lowest BCUT2D eigenvalue weighted by Gasteiger charge is -2.25. The van der Waals surface area contributed by atoms with Crippen LogP contribution in [0.3, 0.4) is 0 Å². The fourth-order valence-corrected chi connectivity index (χ4v) is 2.82. The molecule has 2 aromatic carbocycles. The van der Waals surface area contributed by atoms with E-state index in [9.17, 15) is 4.79 Å². The highest BCUT2D eigenvalue weighted by atomic mass is 16.6. The maximum Gasteiger partial charge on any atom is 0.264 e. The van der Waals surface area contributed by atoms with Crippen LogP contribution in [-0.4, -0.2) is 31.8 Å². The molecule has 0 fully saturated rings. The van der Waals surface area contributed by atoms with Gasteiger partial charge in [0, 0.05) is 6.54 Å². The molecule has 3 rings (SSSR count). The van der Waals surface area contributed by atoms with Crippen LogP contribution < -0.4 is 19.5 Å². The first-order valence-electron chi connectivity index (χ1n) is 9.15. The van der Waals surface area contributed by atoms with Crippen LogP contribution in [0.4, 0.5) is 0 Å². The Hall–Kier alpha value is -2.69. The first-order chi connectivity index (χ1) is 12.8. The Morgan fingerprint density at radius 2 is 1.92 bits per heavy atom. The summed E-state index contributed by atoms with van der Waals surface area (Å²) >= 11 is 0. The van der Waals surface area contributed by atoms with Crippen LogP contribution in [0.5, 0.6) is 17.2 Å². The Morgan fingerprint density at radius 3 is 2.77 bits per heavy atom. The van der Waals surface area contributed by atoms with Crippen molar-refractivity contribution < 1.29 is 19.0 Å². The number of carbonyl (C=O) groups is 1. The van der Waals surface area contributed by atoms with Gasteiger partial charge in [-0.1, -0.05) is 37.3 Å². The third-order valence-electron chi connectivity index (χ3n) is 4.16. The molecule has 138 valence electrons. The number of aryl methyl sites for hydroxylation is 1. The Kier molecular flexibility index (Phi) is 6.36. The van der Waals surface area contributed by atoms with Gasteiger partial charge in [-0.25, -0.2) is 0 Å². The number of rotatable bonds is 8. The molecule has 2 aromatic rings. The van der Waals surface area contributed by atoms with Crippen molar-refractivity contribution in [3.63, 3.8) is 0 Å². The largest absolute Gasteiger partial charge is 0.493 e. The van der Waals surface area contributed by atoms with Gasteiger partial charge in [-0.05, 0) is 43.0 Å². The number of amides is 1. The zero-order valence-electron chi connectivity index (χ0n) is 15.1. The molecule has 1 atom stereocenters. The van der Waals surface area contributed by atoms with Crippen molar-refractivity contribution in [3.8, 4) is 17.2 Å². The fraction of sp³-hybridized carbons (Fsp3) is 0.381. The summed E-state index contributed by atoms with van der Waals surface area (Å²) < 4.78 is 17.1. The Morgan fingerprint density at radius 1 is 1.15 bits per heavy atom. The molecule has 1 amide bonds. The van der Waals surface area contributed by atoms with E-state index >= 15 is 0 Å². The SMILES string of the molecule is CCCOc1ccccc1CCCNC(=O)[C@@H]1COc2ccccc2O1. The van der Waals surface area contributed by atoms with E-state index in [1.54, 1.807) is 0 Å². The topological polar surface area (TPSA) is 56.8 Å². The Bertz CT molecular complexity index is 731. The average Bonchev–Trinajstić information content (AvgIpc) is 2.69. The van der Waals surface area contributed by atoms with Crippen molar-refractivity contribution in [2.24, 2.45) is 0 Å². The van der Waals surface area contributed by atoms with Gasteiger partial charge in [0.25, 0.3) is 5.91 Å². The van der Waals surface area contributed by atoms with E-state index < -0.39 is 6.10 Å². The molecule has 26 heavy (non-hydrogen) atoms. The van der Waals surface area contributed by atoms with Crippen LogP contribution in [0, 0.1) is 0 Å². The molecule has 0 bridgehead atoms. The van der Waals surface area contributed by atoms with Gasteiger partial charge in [0.2, 0.25) is 6.10 Å². The Labute approximate surface area is 154 Å². The summed E-state index contributed by atoms with van der Waals surface area (Å²) in [5.74, 6) is 2.08. The quantitative estimate of drug-likeness (QED) is 0.738. The van der Waals surface area contributed by atoms with Crippen LogP contribution in [0.2, 0.25) is 0 Å². The maximum atomic E-state index is 12.3. The number of nitrogens with one attached hydrogen (secondary N) is 1. The van der Waals surface area contributed by atoms with Gasteiger partial charge >= 0.3 is 0 Å². The van der Waals surface area contributed by atoms with Crippen molar-refractivity contribution in [2.45, 2.75) is 32.3 Å². The molecule has 0 saturated carbocycles. The van der Waals surface area contributed by atoms with Crippen LogP contribution >= 0.6 is 0 Å². The lowest BCUT2D eigenvalue weighted by molar-refractivity contribution is -0.130. The zero-order chi connectivity index (χ0) is 18.2. The molecule has 0 saturated heterocycles. The second-order valence-corrected chi connectivity index (χ2v) is 6.21. The van der Waals surface area contributed by atoms with Crippen LogP contribution in [0.25, 0.3) is 0 Å². The second-order valence-electron chi connectivity index (χ2n) is 6.21. The number of carbonyl (C=O) groups excluding carboxylic acids is 1. The Balaban J connectivity index is 1.44. The number of hydrogen-bond donors (Lipinski definition) is 1. The summed E-state index contributed by atoms with van der Waals surface area (Å²) in [6, 6.07) is 15.4. The van der Waals surface area contributed by atoms with Gasteiger partial charge in [0.15, 0.2) is 11.5 Å². The van der Waals surface area contributed by atoms with Crippen LogP contribution in [0.15, 0.2) is 48.5 Å². The zero-order valence-corrected chi connectivity index (χ0v) is 15.1. The molecule has 0 aliphatic carbocycles. The third kappa shape index (κ3) is 4.69. The molecule has 1 aliphatic rings. The van der Waals surface area contributed by atoms with Crippen molar-refractivity contribution in [3.05, 3.63) is 54.1 Å². The molecular formula is C21H25NO4. The van der Waals surface area contributed by atoms with E-state index in [4.69, 9.17) is 14.2 Å². The molecule has 0 aromatic heterocycles. The number of hydrogen-bond acceptors (Lipinski definition) is 4. The van der Waals surface area contributed by atoms with Gasteiger partial charge in [0.1, 0.15) is 12.4 Å². The van der Waals surface area contributed by atoms with E-state index in [1.165, 1.54) is 5.56 Å². The molecule has 1 aliphatic heterocycles. The summed E-state index contributed by atoms with van der Waals surface area (Å²) in [5.41, 5.74) is 1.17. The van der Waals surface area contributed by atoms with Crippen molar-refractivity contribution >= 4 is 5.91 Å². The molecule has 0 unspecified atom stereocenters. The fourth-order valence-electron chi connectivity index (χ4n) is 2.82. The smallest absolute Gasteiger partial charge is 0.264 e. The third-order valence-corrected chi connectivity index (χ3v) is 4.16. The second kappa shape index (κ2) is 9.13. The first-order valence-corrected chi connectivity index (χ1v) is 9.15. The van der Waals surface area contributed by atoms with Crippen molar-refractivity contribution in [2.75, 3.05) is 19.8 Å². The number of para-hydroxylation sites is 3. The molecule has 1 heterocycles. The minimum atomic E-state index is -0.606. The van der Waals surface area contributed by atoms with Gasteiger partial charge in [-0.2, -0.15) is 0 Å². The van der Waals surface area contributed by atoms with E-state index in [2.05, 4.69) is 18.3 Å². The van der Waals surface area contributed by atoms with Gasteiger partial charge in [-0.3, -0.25) is 4.79 Å². The molecule has 5 nitrogen and oxygen atoms in total. The highest BCUT2D eigenvalue weighted by molar-refractivity contribution is 5.81. The van der Waals surface area contributed by atoms with Gasteiger partial charge < -0.3 is 19.5 Å². The summed E-state index contributed by atoms with van der Waals surface area (Å²) in [6.07, 6.45) is 2.06. The van der Waals surface area contributed by atoms with E-state index in [0.29, 0.717) is 24.7 Å². The summed E-state index contributed by atoms with van der Waals surface area (Å²) in [4.78, 5) is 12.3. The van der Waals surface area contributed by atoms with Gasteiger partial charge in [-0.15, -0.1) is 0 Å². The summed E-state index contributed by atoms with van der Waals surface area (Å²) in [7, 11) is 0. The van der Waals surface area contributed by atoms with Crippen molar-refractivity contribution in [1.82, 2.24) is 5.32 Å². The minimum Gasteiger partial charge on any atom is -0.493 e. The lowest BCUT2D eigenvalue weighted by atomic mass is 10.1. The lowest BCUT2D eigenvalue weighted by Crippen LogP contribution is -2.44. The molecule has 0 spiro atoms. The van der Waals surface area contributed by atoms with Crippen molar-refractivity contribution in [1.29, 1.82) is 0 Å². The standard InChI is InChI=1S/C21H25NO4/c1-2-14-24-17-10-4-3-8-16(17)9-7-13-22-21(23)20-15-25-18-11-5-6-12-19(18)26-20/h3-6,8,10-12,20H,2,7,9,13-15H2,1H3,(H,22,23)/t20-/m0/s1. The molecular weight excluding hydrogens is 330 g/mol. The first kappa shape index (κ1) is 18.1. The highest BCUT2D eigenvalue weighted by Gasteiger charge is 2.26. The molecule has 5 heteroatoms. The molecule has 0 radical (unpaired) electrons. The van der Waals surface area contributed by atoms with Crippen LogP contribution in [-0.2, 0) is 11.2 Å². The maximum absolute atomic E-state index is 12.3. The summed E-state index contributed by atoms with van der Waals surface area (Å²) in [6.45, 7) is 3.63. The number of fused-ring (bicyclic) bond motifs is 1. The normalized spacial score (nSPS) is 15.3. The monoisotopic (exact) mass is 355 g/mol. The van der Waals surface area contributed by atoms with E-state index in [0.717, 1.165) is 25.0 Å². The average molecular weight is 355 g/mol. The van der Waals surface area contributed by atoms with Gasteiger partial charge in [0.05, 0.1) is 6.61 Å². The van der Waals surface area contributed by atoms with E-state index in [1.807, 2.05) is 42.5 Å². The van der Waals surface area contributed by atoms with Crippen LogP contribution in [0.1, 0.15) is 25.3 Å². The highest BCUT2D eigenvalue weighted by Crippen LogP contribution is 2.30. The summed E-state index contributed by atoms with van der Waals surface area (Å²) in [5, 5.41) is 2.93. The number of ether oxygens (including phenoxy) is 3. The number of benzene rings is 2.